The SMILES string of the molecule is CC1CN(S(=O)(=O)c2cccc(Cl)c2Cl)CCN1. The summed E-state index contributed by atoms with van der Waals surface area (Å²) in [6.07, 6.45) is 0. The normalized spacial score (nSPS) is 22.1. The zero-order chi connectivity index (χ0) is 13.3. The maximum absolute atomic E-state index is 12.5. The molecule has 0 radical (unpaired) electrons. The molecule has 0 saturated carbocycles. The molecule has 7 heteroatoms. The number of rotatable bonds is 2. The van der Waals surface area contributed by atoms with E-state index < -0.39 is 10.0 Å². The summed E-state index contributed by atoms with van der Waals surface area (Å²) in [5.41, 5.74) is 0. The summed E-state index contributed by atoms with van der Waals surface area (Å²) in [6.45, 7) is 3.46. The molecule has 1 unspecified atom stereocenters. The lowest BCUT2D eigenvalue weighted by Crippen LogP contribution is -2.51. The van der Waals surface area contributed by atoms with E-state index in [9.17, 15) is 8.42 Å². The van der Waals surface area contributed by atoms with Crippen LogP contribution >= 0.6 is 23.2 Å². The van der Waals surface area contributed by atoms with Crippen molar-refractivity contribution in [3.8, 4) is 0 Å². The van der Waals surface area contributed by atoms with Crippen molar-refractivity contribution >= 4 is 33.2 Å². The molecule has 2 rings (SSSR count). The first-order valence-electron chi connectivity index (χ1n) is 5.60. The molecule has 18 heavy (non-hydrogen) atoms. The average Bonchev–Trinajstić information content (AvgIpc) is 2.32. The van der Waals surface area contributed by atoms with Gasteiger partial charge in [0.05, 0.1) is 10.0 Å². The van der Waals surface area contributed by atoms with Crippen molar-refractivity contribution in [2.24, 2.45) is 0 Å². The van der Waals surface area contributed by atoms with Crippen molar-refractivity contribution in [1.82, 2.24) is 9.62 Å². The molecule has 100 valence electrons. The number of nitrogens with zero attached hydrogens (tertiary/aromatic N) is 1. The van der Waals surface area contributed by atoms with Gasteiger partial charge in [-0.15, -0.1) is 0 Å². The first-order valence-corrected chi connectivity index (χ1v) is 7.80. The Balaban J connectivity index is 2.39. The number of halogens is 2. The van der Waals surface area contributed by atoms with E-state index in [2.05, 4.69) is 5.32 Å². The van der Waals surface area contributed by atoms with E-state index in [1.165, 1.54) is 10.4 Å². The fourth-order valence-electron chi connectivity index (χ4n) is 1.94. The Morgan fingerprint density at radius 1 is 1.39 bits per heavy atom. The predicted octanol–water partition coefficient (Wildman–Crippen LogP) is 1.98. The smallest absolute Gasteiger partial charge is 0.244 e. The van der Waals surface area contributed by atoms with Gasteiger partial charge in [0.2, 0.25) is 10.0 Å². The summed E-state index contributed by atoms with van der Waals surface area (Å²) in [5.74, 6) is 0. The highest BCUT2D eigenvalue weighted by Gasteiger charge is 2.30. The van der Waals surface area contributed by atoms with E-state index in [-0.39, 0.29) is 21.0 Å². The van der Waals surface area contributed by atoms with Crippen LogP contribution in [0.1, 0.15) is 6.92 Å². The second-order valence-corrected chi connectivity index (χ2v) is 6.96. The average molecular weight is 309 g/mol. The van der Waals surface area contributed by atoms with Crippen molar-refractivity contribution < 1.29 is 8.42 Å². The number of sulfonamides is 1. The molecule has 1 heterocycles. The highest BCUT2D eigenvalue weighted by molar-refractivity contribution is 7.89. The summed E-state index contributed by atoms with van der Waals surface area (Å²) in [6, 6.07) is 4.78. The number of benzene rings is 1. The van der Waals surface area contributed by atoms with E-state index >= 15 is 0 Å². The van der Waals surface area contributed by atoms with Gasteiger partial charge in [0.1, 0.15) is 4.90 Å². The molecule has 0 bridgehead atoms. The van der Waals surface area contributed by atoms with Crippen LogP contribution in [0.2, 0.25) is 10.0 Å². The van der Waals surface area contributed by atoms with Crippen LogP contribution in [0, 0.1) is 0 Å². The van der Waals surface area contributed by atoms with Gasteiger partial charge in [-0.05, 0) is 19.1 Å². The van der Waals surface area contributed by atoms with Crippen molar-refractivity contribution in [2.75, 3.05) is 19.6 Å². The van der Waals surface area contributed by atoms with Crippen LogP contribution in [0.4, 0.5) is 0 Å². The summed E-state index contributed by atoms with van der Waals surface area (Å²) < 4.78 is 26.4. The largest absolute Gasteiger partial charge is 0.312 e. The van der Waals surface area contributed by atoms with Crippen molar-refractivity contribution in [3.05, 3.63) is 28.2 Å². The summed E-state index contributed by atoms with van der Waals surface area (Å²) in [5, 5.41) is 3.54. The van der Waals surface area contributed by atoms with Crippen LogP contribution < -0.4 is 5.32 Å². The molecule has 1 aliphatic heterocycles. The molecule has 0 amide bonds. The first kappa shape index (κ1) is 14.1. The zero-order valence-corrected chi connectivity index (χ0v) is 12.2. The maximum atomic E-state index is 12.5. The highest BCUT2D eigenvalue weighted by atomic mass is 35.5. The van der Waals surface area contributed by atoms with E-state index in [0.717, 1.165) is 0 Å². The van der Waals surface area contributed by atoms with Gasteiger partial charge in [-0.3, -0.25) is 0 Å². The fourth-order valence-corrected chi connectivity index (χ4v) is 4.20. The third kappa shape index (κ3) is 2.65. The predicted molar refractivity (Wildman–Crippen MR) is 72.7 cm³/mol. The van der Waals surface area contributed by atoms with Gasteiger partial charge in [0.15, 0.2) is 0 Å². The number of hydrogen-bond donors (Lipinski definition) is 1. The van der Waals surface area contributed by atoms with Gasteiger partial charge in [0.25, 0.3) is 0 Å². The van der Waals surface area contributed by atoms with Crippen molar-refractivity contribution in [3.63, 3.8) is 0 Å². The van der Waals surface area contributed by atoms with E-state index in [1.807, 2.05) is 6.92 Å². The Labute approximate surface area is 117 Å². The molecule has 0 spiro atoms. The van der Waals surface area contributed by atoms with E-state index in [1.54, 1.807) is 12.1 Å². The Morgan fingerprint density at radius 3 is 2.78 bits per heavy atom. The van der Waals surface area contributed by atoms with Gasteiger partial charge in [-0.2, -0.15) is 4.31 Å². The Kier molecular flexibility index (Phi) is 4.18. The van der Waals surface area contributed by atoms with Crippen LogP contribution in [0.15, 0.2) is 23.1 Å². The molecule has 1 atom stereocenters. The molecule has 1 fully saturated rings. The molecular weight excluding hydrogens is 295 g/mol. The molecule has 0 aliphatic carbocycles. The lowest BCUT2D eigenvalue weighted by atomic mass is 10.3. The highest BCUT2D eigenvalue weighted by Crippen LogP contribution is 2.31. The summed E-state index contributed by atoms with van der Waals surface area (Å²) >= 11 is 11.8. The molecule has 1 N–H and O–H groups in total. The minimum atomic E-state index is -3.57. The minimum absolute atomic E-state index is 0.0748. The van der Waals surface area contributed by atoms with E-state index in [0.29, 0.717) is 19.6 Å². The van der Waals surface area contributed by atoms with Gasteiger partial charge in [-0.1, -0.05) is 29.3 Å². The topological polar surface area (TPSA) is 49.4 Å². The van der Waals surface area contributed by atoms with Crippen LogP contribution in [0.25, 0.3) is 0 Å². The molecule has 1 aromatic rings. The molecular formula is C11H14Cl2N2O2S. The third-order valence-electron chi connectivity index (χ3n) is 2.87. The first-order chi connectivity index (χ1) is 8.43. The number of piperazine rings is 1. The van der Waals surface area contributed by atoms with Gasteiger partial charge in [-0.25, -0.2) is 8.42 Å². The van der Waals surface area contributed by atoms with E-state index in [4.69, 9.17) is 23.2 Å². The van der Waals surface area contributed by atoms with Gasteiger partial charge < -0.3 is 5.32 Å². The van der Waals surface area contributed by atoms with Crippen LogP contribution in [0.5, 0.6) is 0 Å². The van der Waals surface area contributed by atoms with Crippen molar-refractivity contribution in [2.45, 2.75) is 17.9 Å². The van der Waals surface area contributed by atoms with Crippen LogP contribution in [0.3, 0.4) is 0 Å². The zero-order valence-electron chi connectivity index (χ0n) is 9.86. The Hall–Kier alpha value is -0.330. The molecule has 1 saturated heterocycles. The van der Waals surface area contributed by atoms with Gasteiger partial charge in [0, 0.05) is 25.7 Å². The van der Waals surface area contributed by atoms with Crippen LogP contribution in [-0.2, 0) is 10.0 Å². The lowest BCUT2D eigenvalue weighted by molar-refractivity contribution is 0.310. The minimum Gasteiger partial charge on any atom is -0.312 e. The Morgan fingerprint density at radius 2 is 2.11 bits per heavy atom. The van der Waals surface area contributed by atoms with Crippen molar-refractivity contribution in [1.29, 1.82) is 0 Å². The fraction of sp³-hybridized carbons (Fsp3) is 0.455. The standard InChI is InChI=1S/C11H14Cl2N2O2S/c1-8-7-15(6-5-14-8)18(16,17)10-4-2-3-9(12)11(10)13/h2-4,8,14H,5-7H2,1H3. The summed E-state index contributed by atoms with van der Waals surface area (Å²) in [4.78, 5) is 0.0748. The summed E-state index contributed by atoms with van der Waals surface area (Å²) in [7, 11) is -3.57. The molecule has 1 aromatic carbocycles. The quantitative estimate of drug-likeness (QED) is 0.909. The molecule has 0 aromatic heterocycles. The van der Waals surface area contributed by atoms with Gasteiger partial charge >= 0.3 is 0 Å². The van der Waals surface area contributed by atoms with Crippen LogP contribution in [-0.4, -0.2) is 38.4 Å². The number of hydrogen-bond acceptors (Lipinski definition) is 3. The monoisotopic (exact) mass is 308 g/mol. The third-order valence-corrected chi connectivity index (χ3v) is 5.70. The molecule has 4 nitrogen and oxygen atoms in total. The maximum Gasteiger partial charge on any atom is 0.244 e. The molecule has 1 aliphatic rings. The Bertz CT molecular complexity index is 548. The number of nitrogens with one attached hydrogen (secondary N) is 1. The lowest BCUT2D eigenvalue weighted by Gasteiger charge is -2.31. The second kappa shape index (κ2) is 5.35. The second-order valence-electron chi connectivity index (χ2n) is 4.27.